The normalized spacial score (nSPS) is 10.7. The van der Waals surface area contributed by atoms with Gasteiger partial charge in [0, 0.05) is 23.9 Å². The number of anilines is 1. The number of para-hydroxylation sites is 2. The molecule has 1 aromatic heterocycles. The van der Waals surface area contributed by atoms with Crippen LogP contribution in [0.3, 0.4) is 0 Å². The first-order valence-corrected chi connectivity index (χ1v) is 9.36. The maximum atomic E-state index is 12.2. The number of nitrogens with zero attached hydrogens (tertiary/aromatic N) is 2. The van der Waals surface area contributed by atoms with Gasteiger partial charge in [-0.3, -0.25) is 9.59 Å². The summed E-state index contributed by atoms with van der Waals surface area (Å²) >= 11 is 0. The van der Waals surface area contributed by atoms with Crippen molar-refractivity contribution >= 4 is 28.5 Å². The van der Waals surface area contributed by atoms with Gasteiger partial charge >= 0.3 is 0 Å². The number of amides is 2. The molecule has 4 aromatic rings. The van der Waals surface area contributed by atoms with Gasteiger partial charge in [0.1, 0.15) is 11.6 Å². The van der Waals surface area contributed by atoms with Crippen LogP contribution < -0.4 is 15.8 Å². The predicted octanol–water partition coefficient (Wildman–Crippen LogP) is 3.36. The molecule has 0 spiro atoms. The lowest BCUT2D eigenvalue weighted by molar-refractivity contribution is -0.118. The Kier molecular flexibility index (Phi) is 5.17. The van der Waals surface area contributed by atoms with E-state index >= 15 is 0 Å². The molecule has 7 nitrogen and oxygen atoms in total. The number of imidazole rings is 1. The predicted molar refractivity (Wildman–Crippen MR) is 115 cm³/mol. The lowest BCUT2D eigenvalue weighted by Crippen LogP contribution is -2.20. The number of ether oxygens (including phenoxy) is 1. The second-order valence-electron chi connectivity index (χ2n) is 6.79. The first-order valence-electron chi connectivity index (χ1n) is 9.36. The molecular formula is C23H20N4O3. The van der Waals surface area contributed by atoms with E-state index in [2.05, 4.69) is 10.3 Å². The van der Waals surface area contributed by atoms with E-state index in [1.807, 2.05) is 60.1 Å². The van der Waals surface area contributed by atoms with Crippen LogP contribution in [0, 0.1) is 0 Å². The number of rotatable bonds is 6. The van der Waals surface area contributed by atoms with Crippen LogP contribution in [-0.4, -0.2) is 28.0 Å². The number of fused-ring (bicyclic) bond motifs is 1. The van der Waals surface area contributed by atoms with E-state index in [1.165, 1.54) is 6.07 Å². The number of hydrogen-bond acceptors (Lipinski definition) is 4. The molecule has 0 aliphatic heterocycles. The van der Waals surface area contributed by atoms with Crippen LogP contribution >= 0.6 is 0 Å². The van der Waals surface area contributed by atoms with E-state index in [-0.39, 0.29) is 12.5 Å². The third-order valence-electron chi connectivity index (χ3n) is 4.70. The maximum absolute atomic E-state index is 12.2. The summed E-state index contributed by atoms with van der Waals surface area (Å²) in [6.45, 7) is -0.186. The Balaban J connectivity index is 1.40. The molecule has 3 aromatic carbocycles. The minimum Gasteiger partial charge on any atom is -0.484 e. The second-order valence-corrected chi connectivity index (χ2v) is 6.79. The first-order chi connectivity index (χ1) is 14.5. The largest absolute Gasteiger partial charge is 0.484 e. The summed E-state index contributed by atoms with van der Waals surface area (Å²) in [5.41, 5.74) is 9.16. The van der Waals surface area contributed by atoms with Crippen LogP contribution in [0.15, 0.2) is 72.8 Å². The molecule has 30 heavy (non-hydrogen) atoms. The van der Waals surface area contributed by atoms with Crippen LogP contribution in [0.1, 0.15) is 10.4 Å². The minimum atomic E-state index is -0.550. The van der Waals surface area contributed by atoms with Gasteiger partial charge in [-0.25, -0.2) is 4.98 Å². The Labute approximate surface area is 173 Å². The molecule has 150 valence electrons. The maximum Gasteiger partial charge on any atom is 0.262 e. The Bertz CT molecular complexity index is 1230. The number of primary amides is 1. The highest BCUT2D eigenvalue weighted by Crippen LogP contribution is 2.24. The molecule has 0 aliphatic rings. The van der Waals surface area contributed by atoms with Gasteiger partial charge in [-0.15, -0.1) is 0 Å². The monoisotopic (exact) mass is 400 g/mol. The minimum absolute atomic E-state index is 0.186. The Hall–Kier alpha value is -4.13. The third-order valence-corrected chi connectivity index (χ3v) is 4.70. The smallest absolute Gasteiger partial charge is 0.262 e. The molecular weight excluding hydrogens is 380 g/mol. The van der Waals surface area contributed by atoms with Crippen molar-refractivity contribution in [2.45, 2.75) is 0 Å². The van der Waals surface area contributed by atoms with E-state index in [0.29, 0.717) is 17.0 Å². The molecule has 0 atom stereocenters. The summed E-state index contributed by atoms with van der Waals surface area (Å²) in [6, 6.07) is 21.8. The average Bonchev–Trinajstić information content (AvgIpc) is 3.10. The molecule has 0 fully saturated rings. The number of nitrogens with two attached hydrogens (primary N) is 1. The summed E-state index contributed by atoms with van der Waals surface area (Å²) < 4.78 is 7.48. The number of benzene rings is 3. The van der Waals surface area contributed by atoms with E-state index in [0.717, 1.165) is 22.4 Å². The number of carbonyl (C=O) groups excluding carboxylic acids is 2. The van der Waals surface area contributed by atoms with Crippen LogP contribution in [0.25, 0.3) is 22.4 Å². The molecule has 3 N–H and O–H groups in total. The molecule has 2 amide bonds. The van der Waals surface area contributed by atoms with Crippen molar-refractivity contribution < 1.29 is 14.3 Å². The number of aromatic nitrogens is 2. The van der Waals surface area contributed by atoms with Crippen molar-refractivity contribution in [1.82, 2.24) is 9.55 Å². The van der Waals surface area contributed by atoms with Gasteiger partial charge in [0.25, 0.3) is 5.91 Å². The Morgan fingerprint density at radius 2 is 1.80 bits per heavy atom. The first kappa shape index (κ1) is 19.2. The summed E-state index contributed by atoms with van der Waals surface area (Å²) in [6.07, 6.45) is 0. The molecule has 0 saturated carbocycles. The highest BCUT2D eigenvalue weighted by atomic mass is 16.5. The van der Waals surface area contributed by atoms with Crippen molar-refractivity contribution in [3.63, 3.8) is 0 Å². The molecule has 4 rings (SSSR count). The van der Waals surface area contributed by atoms with Gasteiger partial charge in [-0.05, 0) is 54.6 Å². The standard InChI is InChI=1S/C23H20N4O3/c1-27-20-8-3-2-7-19(20)26-23(27)15-9-11-17(12-10-15)25-21(28)14-30-18-6-4-5-16(13-18)22(24)29/h2-13H,14H2,1H3,(H2,24,29)(H,25,28). The fraction of sp³-hybridized carbons (Fsp3) is 0.0870. The quantitative estimate of drug-likeness (QED) is 0.518. The summed E-state index contributed by atoms with van der Waals surface area (Å²) in [7, 11) is 1.98. The average molecular weight is 400 g/mol. The van der Waals surface area contributed by atoms with Crippen LogP contribution in [0.4, 0.5) is 5.69 Å². The second kappa shape index (κ2) is 8.08. The lowest BCUT2D eigenvalue weighted by atomic mass is 10.2. The van der Waals surface area contributed by atoms with E-state index in [9.17, 15) is 9.59 Å². The van der Waals surface area contributed by atoms with Gasteiger partial charge in [-0.1, -0.05) is 18.2 Å². The summed E-state index contributed by atoms with van der Waals surface area (Å²) in [5.74, 6) is 0.394. The third kappa shape index (κ3) is 4.00. The molecule has 0 aliphatic carbocycles. The zero-order valence-electron chi connectivity index (χ0n) is 16.3. The Morgan fingerprint density at radius 3 is 2.53 bits per heavy atom. The molecule has 1 heterocycles. The van der Waals surface area contributed by atoms with E-state index < -0.39 is 5.91 Å². The summed E-state index contributed by atoms with van der Waals surface area (Å²) in [4.78, 5) is 28.1. The van der Waals surface area contributed by atoms with Crippen molar-refractivity contribution in [2.24, 2.45) is 12.8 Å². The van der Waals surface area contributed by atoms with Crippen molar-refractivity contribution in [3.05, 3.63) is 78.4 Å². The van der Waals surface area contributed by atoms with Crippen molar-refractivity contribution in [1.29, 1.82) is 0 Å². The molecule has 0 saturated heterocycles. The highest BCUT2D eigenvalue weighted by Gasteiger charge is 2.10. The fourth-order valence-corrected chi connectivity index (χ4v) is 3.19. The van der Waals surface area contributed by atoms with Gasteiger partial charge in [0.15, 0.2) is 6.61 Å². The van der Waals surface area contributed by atoms with Gasteiger partial charge in [0.2, 0.25) is 5.91 Å². The number of aryl methyl sites for hydroxylation is 1. The highest BCUT2D eigenvalue weighted by molar-refractivity contribution is 5.93. The zero-order chi connectivity index (χ0) is 21.1. The number of carbonyl (C=O) groups is 2. The zero-order valence-corrected chi connectivity index (χ0v) is 16.3. The fourth-order valence-electron chi connectivity index (χ4n) is 3.19. The SMILES string of the molecule is Cn1c(-c2ccc(NC(=O)COc3cccc(C(N)=O)c3)cc2)nc2ccccc21. The van der Waals surface area contributed by atoms with E-state index in [1.54, 1.807) is 18.2 Å². The molecule has 0 unspecified atom stereocenters. The van der Waals surface area contributed by atoms with Crippen LogP contribution in [0.5, 0.6) is 5.75 Å². The van der Waals surface area contributed by atoms with Gasteiger partial charge in [0.05, 0.1) is 11.0 Å². The molecule has 0 radical (unpaired) electrons. The van der Waals surface area contributed by atoms with Crippen molar-refractivity contribution in [2.75, 3.05) is 11.9 Å². The topological polar surface area (TPSA) is 99.2 Å². The molecule has 0 bridgehead atoms. The number of nitrogens with one attached hydrogen (secondary N) is 1. The Morgan fingerprint density at radius 1 is 1.03 bits per heavy atom. The van der Waals surface area contributed by atoms with Crippen LogP contribution in [-0.2, 0) is 11.8 Å². The molecule has 7 heteroatoms. The lowest BCUT2D eigenvalue weighted by Gasteiger charge is -2.09. The summed E-state index contributed by atoms with van der Waals surface area (Å²) in [5, 5.41) is 2.79. The van der Waals surface area contributed by atoms with Crippen molar-refractivity contribution in [3.8, 4) is 17.1 Å². The van der Waals surface area contributed by atoms with E-state index in [4.69, 9.17) is 10.5 Å². The number of hydrogen-bond donors (Lipinski definition) is 2. The van der Waals surface area contributed by atoms with Crippen LogP contribution in [0.2, 0.25) is 0 Å². The van der Waals surface area contributed by atoms with Gasteiger partial charge in [-0.2, -0.15) is 0 Å². The van der Waals surface area contributed by atoms with Gasteiger partial charge < -0.3 is 20.4 Å².